The summed E-state index contributed by atoms with van der Waals surface area (Å²) in [7, 11) is 0. The van der Waals surface area contributed by atoms with Gasteiger partial charge in [0.05, 0.1) is 16.8 Å². The third-order valence-corrected chi connectivity index (χ3v) is 12.8. The van der Waals surface area contributed by atoms with E-state index in [0.717, 1.165) is 38.9 Å². The van der Waals surface area contributed by atoms with Gasteiger partial charge in [-0.2, -0.15) is 0 Å². The normalized spacial score (nSPS) is 12.7. The Morgan fingerprint density at radius 2 is 0.852 bits per heavy atom. The maximum Gasteiger partial charge on any atom is 0.161 e. The van der Waals surface area contributed by atoms with Crippen LogP contribution in [0.5, 0.6) is 0 Å². The maximum absolute atomic E-state index is 5.36. The molecule has 0 atom stereocenters. The van der Waals surface area contributed by atoms with Gasteiger partial charge < -0.3 is 0 Å². The van der Waals surface area contributed by atoms with E-state index in [2.05, 4.69) is 224 Å². The standard InChI is InChI=1S/C59H38N2/c1-4-19-41(20-5-1)54-38-55(43-32-31-39-17-10-11-21-42(39)37-43)61-58(60-54)51-35-34-49(47-27-14-15-28-48(47)51)50-29-16-30-52-56-46-26-13-12-18-40(46)33-36-53(56)59(57(50)52,44-22-6-2-7-23-44)45-24-8-3-9-25-45/h1-38H. The first-order valence-electron chi connectivity index (χ1n) is 21.0. The highest BCUT2D eigenvalue weighted by Gasteiger charge is 2.48. The molecular weight excluding hydrogens is 737 g/mol. The molecule has 10 aromatic carbocycles. The fourth-order valence-electron chi connectivity index (χ4n) is 10.1. The van der Waals surface area contributed by atoms with E-state index in [4.69, 9.17) is 9.97 Å². The van der Waals surface area contributed by atoms with E-state index in [1.54, 1.807) is 0 Å². The summed E-state index contributed by atoms with van der Waals surface area (Å²) in [5, 5.41) is 7.17. The predicted octanol–water partition coefficient (Wildman–Crippen LogP) is 15.0. The zero-order valence-electron chi connectivity index (χ0n) is 33.3. The summed E-state index contributed by atoms with van der Waals surface area (Å²) >= 11 is 0. The Morgan fingerprint density at radius 1 is 0.311 bits per heavy atom. The van der Waals surface area contributed by atoms with Crippen molar-refractivity contribution in [1.29, 1.82) is 0 Å². The summed E-state index contributed by atoms with van der Waals surface area (Å²) in [6.45, 7) is 0. The Hall–Kier alpha value is -7.94. The van der Waals surface area contributed by atoms with Gasteiger partial charge in [0.25, 0.3) is 0 Å². The molecule has 1 aromatic heterocycles. The SMILES string of the molecule is c1ccc(-c2cc(-c3ccc4ccccc4c3)nc(-c3ccc(-c4cccc5c4C(c4ccccc4)(c4ccccc4)c4ccc6ccccc6c4-5)c4ccccc34)n2)cc1. The summed E-state index contributed by atoms with van der Waals surface area (Å²) in [5.41, 5.74) is 14.4. The fourth-order valence-corrected chi connectivity index (χ4v) is 10.1. The third kappa shape index (κ3) is 5.50. The average Bonchev–Trinajstić information content (AvgIpc) is 3.66. The molecule has 0 fully saturated rings. The van der Waals surface area contributed by atoms with Crippen molar-refractivity contribution in [3.63, 3.8) is 0 Å². The Morgan fingerprint density at radius 3 is 1.57 bits per heavy atom. The van der Waals surface area contributed by atoms with Crippen molar-refractivity contribution < 1.29 is 0 Å². The molecule has 0 unspecified atom stereocenters. The van der Waals surface area contributed by atoms with Crippen LogP contribution in [-0.2, 0) is 5.41 Å². The minimum Gasteiger partial charge on any atom is -0.228 e. The van der Waals surface area contributed by atoms with Gasteiger partial charge in [-0.3, -0.25) is 0 Å². The van der Waals surface area contributed by atoms with Gasteiger partial charge in [-0.15, -0.1) is 0 Å². The van der Waals surface area contributed by atoms with Crippen LogP contribution in [0.1, 0.15) is 22.3 Å². The topological polar surface area (TPSA) is 25.8 Å². The zero-order chi connectivity index (χ0) is 40.3. The molecule has 0 spiro atoms. The van der Waals surface area contributed by atoms with Crippen molar-refractivity contribution in [2.24, 2.45) is 0 Å². The summed E-state index contributed by atoms with van der Waals surface area (Å²) in [6, 6.07) is 83.6. The number of aromatic nitrogens is 2. The van der Waals surface area contributed by atoms with Crippen LogP contribution >= 0.6 is 0 Å². The highest BCUT2D eigenvalue weighted by molar-refractivity contribution is 6.09. The van der Waals surface area contributed by atoms with Crippen LogP contribution in [0.15, 0.2) is 231 Å². The van der Waals surface area contributed by atoms with Gasteiger partial charge in [-0.05, 0) is 95.0 Å². The van der Waals surface area contributed by atoms with Gasteiger partial charge in [0.15, 0.2) is 5.82 Å². The molecule has 0 N–H and O–H groups in total. The molecule has 1 aliphatic carbocycles. The molecule has 284 valence electrons. The van der Waals surface area contributed by atoms with Crippen molar-refractivity contribution in [2.75, 3.05) is 0 Å². The second kappa shape index (κ2) is 14.1. The van der Waals surface area contributed by atoms with Gasteiger partial charge in [-0.25, -0.2) is 9.97 Å². The van der Waals surface area contributed by atoms with E-state index in [1.807, 2.05) is 6.07 Å². The number of benzene rings is 10. The lowest BCUT2D eigenvalue weighted by molar-refractivity contribution is 0.771. The lowest BCUT2D eigenvalue weighted by Crippen LogP contribution is -2.29. The van der Waals surface area contributed by atoms with Crippen LogP contribution in [0.25, 0.3) is 88.5 Å². The van der Waals surface area contributed by atoms with Crippen molar-refractivity contribution in [3.05, 3.63) is 253 Å². The highest BCUT2D eigenvalue weighted by Crippen LogP contribution is 2.60. The first-order chi connectivity index (χ1) is 30.3. The number of fused-ring (bicyclic) bond motifs is 7. The second-order valence-electron chi connectivity index (χ2n) is 16.0. The summed E-state index contributed by atoms with van der Waals surface area (Å²) in [6.07, 6.45) is 0. The lowest BCUT2D eigenvalue weighted by atomic mass is 9.66. The largest absolute Gasteiger partial charge is 0.228 e. The van der Waals surface area contributed by atoms with E-state index < -0.39 is 5.41 Å². The van der Waals surface area contributed by atoms with Gasteiger partial charge in [0.2, 0.25) is 0 Å². The van der Waals surface area contributed by atoms with E-state index >= 15 is 0 Å². The van der Waals surface area contributed by atoms with Crippen molar-refractivity contribution in [2.45, 2.75) is 5.41 Å². The van der Waals surface area contributed by atoms with E-state index in [-0.39, 0.29) is 0 Å². The molecule has 0 aliphatic heterocycles. The second-order valence-corrected chi connectivity index (χ2v) is 16.0. The van der Waals surface area contributed by atoms with Crippen LogP contribution in [0.4, 0.5) is 0 Å². The Bertz CT molecular complexity index is 3420. The maximum atomic E-state index is 5.36. The zero-order valence-corrected chi connectivity index (χ0v) is 33.3. The van der Waals surface area contributed by atoms with Crippen LogP contribution in [0.2, 0.25) is 0 Å². The van der Waals surface area contributed by atoms with Gasteiger partial charge in [-0.1, -0.05) is 212 Å². The molecule has 0 saturated carbocycles. The molecule has 12 rings (SSSR count). The average molecular weight is 775 g/mol. The number of rotatable bonds is 6. The molecule has 0 bridgehead atoms. The molecule has 1 aliphatic rings. The quantitative estimate of drug-likeness (QED) is 0.168. The first-order valence-corrected chi connectivity index (χ1v) is 21.0. The predicted molar refractivity (Wildman–Crippen MR) is 254 cm³/mol. The van der Waals surface area contributed by atoms with Crippen LogP contribution in [-0.4, -0.2) is 9.97 Å². The minimum absolute atomic E-state index is 0.574. The van der Waals surface area contributed by atoms with Crippen LogP contribution in [0, 0.1) is 0 Å². The number of hydrogen-bond donors (Lipinski definition) is 0. The number of hydrogen-bond acceptors (Lipinski definition) is 2. The van der Waals surface area contributed by atoms with Crippen molar-refractivity contribution in [1.82, 2.24) is 9.97 Å². The molecule has 11 aromatic rings. The minimum atomic E-state index is -0.574. The van der Waals surface area contributed by atoms with Gasteiger partial charge in [0.1, 0.15) is 0 Å². The molecule has 2 nitrogen and oxygen atoms in total. The monoisotopic (exact) mass is 774 g/mol. The van der Waals surface area contributed by atoms with Crippen molar-refractivity contribution >= 4 is 32.3 Å². The van der Waals surface area contributed by atoms with E-state index in [9.17, 15) is 0 Å². The molecule has 1 heterocycles. The smallest absolute Gasteiger partial charge is 0.161 e. The summed E-state index contributed by atoms with van der Waals surface area (Å²) < 4.78 is 0. The molecule has 2 heteroatoms. The summed E-state index contributed by atoms with van der Waals surface area (Å²) in [5.74, 6) is 0.701. The van der Waals surface area contributed by atoms with E-state index in [0.29, 0.717) is 5.82 Å². The molecule has 61 heavy (non-hydrogen) atoms. The Labute approximate surface area is 355 Å². The van der Waals surface area contributed by atoms with Crippen LogP contribution in [0.3, 0.4) is 0 Å². The molecule has 0 radical (unpaired) electrons. The third-order valence-electron chi connectivity index (χ3n) is 12.8. The summed E-state index contributed by atoms with van der Waals surface area (Å²) in [4.78, 5) is 10.7. The molecule has 0 amide bonds. The Balaban J connectivity index is 1.13. The lowest BCUT2D eigenvalue weighted by Gasteiger charge is -2.35. The first kappa shape index (κ1) is 35.0. The molecular formula is C59H38N2. The Kier molecular flexibility index (Phi) is 8.11. The van der Waals surface area contributed by atoms with Crippen molar-refractivity contribution in [3.8, 4) is 56.2 Å². The fraction of sp³-hybridized carbons (Fsp3) is 0.0169. The van der Waals surface area contributed by atoms with Crippen LogP contribution < -0.4 is 0 Å². The van der Waals surface area contributed by atoms with E-state index in [1.165, 1.54) is 66.1 Å². The number of nitrogens with zero attached hydrogens (tertiary/aromatic N) is 2. The van der Waals surface area contributed by atoms with Gasteiger partial charge in [0, 0.05) is 16.7 Å². The highest BCUT2D eigenvalue weighted by atomic mass is 14.9. The van der Waals surface area contributed by atoms with Gasteiger partial charge >= 0.3 is 0 Å². The molecule has 0 saturated heterocycles.